The van der Waals surface area contributed by atoms with Crippen LogP contribution >= 0.6 is 12.4 Å². The van der Waals surface area contributed by atoms with Gasteiger partial charge in [0.1, 0.15) is 11.6 Å². The molecule has 1 aromatic carbocycles. The Kier molecular flexibility index (Phi) is 4.20. The third-order valence-electron chi connectivity index (χ3n) is 3.05. The molecule has 0 bridgehead atoms. The minimum Gasteiger partial charge on any atom is -0.492 e. The summed E-state index contributed by atoms with van der Waals surface area (Å²) < 4.78 is 5.67. The van der Waals surface area contributed by atoms with E-state index in [-0.39, 0.29) is 23.4 Å². The highest BCUT2D eigenvalue weighted by Gasteiger charge is 2.32. The zero-order chi connectivity index (χ0) is 13.6. The van der Waals surface area contributed by atoms with Crippen molar-refractivity contribution in [2.45, 2.75) is 45.6 Å². The summed E-state index contributed by atoms with van der Waals surface area (Å²) in [5.74, 6) is 1.56. The summed E-state index contributed by atoms with van der Waals surface area (Å²) in [6, 6.07) is 6.07. The highest BCUT2D eigenvalue weighted by Crippen LogP contribution is 2.38. The van der Waals surface area contributed by atoms with Gasteiger partial charge in [0.2, 0.25) is 0 Å². The van der Waals surface area contributed by atoms with Crippen LogP contribution in [0.2, 0.25) is 0 Å². The van der Waals surface area contributed by atoms with Gasteiger partial charge < -0.3 is 10.5 Å². The molecule has 3 nitrogen and oxygen atoms in total. The van der Waals surface area contributed by atoms with E-state index in [2.05, 4.69) is 24.9 Å². The van der Waals surface area contributed by atoms with Crippen LogP contribution in [0.3, 0.4) is 0 Å². The predicted octanol–water partition coefficient (Wildman–Crippen LogP) is 3.28. The number of aliphatic imine (C=N–C) groups is 1. The third kappa shape index (κ3) is 3.41. The molecular weight excluding hydrogens is 260 g/mol. The molecule has 0 amide bonds. The van der Waals surface area contributed by atoms with Gasteiger partial charge in [0.15, 0.2) is 0 Å². The Morgan fingerprint density at radius 2 is 1.95 bits per heavy atom. The van der Waals surface area contributed by atoms with Gasteiger partial charge in [-0.25, -0.2) is 0 Å². The summed E-state index contributed by atoms with van der Waals surface area (Å²) in [7, 11) is 0. The molecule has 1 aliphatic heterocycles. The number of halogens is 1. The first-order chi connectivity index (χ1) is 8.19. The lowest BCUT2D eigenvalue weighted by Crippen LogP contribution is -2.22. The average Bonchev–Trinajstić information content (AvgIpc) is 2.52. The van der Waals surface area contributed by atoms with Crippen molar-refractivity contribution in [2.75, 3.05) is 6.61 Å². The number of nitrogens with two attached hydrogens (primary N) is 1. The maximum Gasteiger partial charge on any atom is 0.126 e. The van der Waals surface area contributed by atoms with E-state index in [1.54, 1.807) is 0 Å². The van der Waals surface area contributed by atoms with Crippen LogP contribution in [0.5, 0.6) is 5.75 Å². The van der Waals surface area contributed by atoms with Crippen LogP contribution in [0.4, 0.5) is 0 Å². The standard InChI is InChI=1S/C15H22N2O.ClH/c1-14(2,3)17-13(16)10-6-7-12-11(8-10)15(4,5)9-18-12;/h6-8H,9H2,1-5H3,(H2,16,17);1H. The molecule has 0 fully saturated rings. The topological polar surface area (TPSA) is 47.6 Å². The Morgan fingerprint density at radius 1 is 1.32 bits per heavy atom. The minimum absolute atomic E-state index is 0. The van der Waals surface area contributed by atoms with Crippen molar-refractivity contribution >= 4 is 18.2 Å². The minimum atomic E-state index is -0.158. The fourth-order valence-corrected chi connectivity index (χ4v) is 2.11. The largest absolute Gasteiger partial charge is 0.492 e. The van der Waals surface area contributed by atoms with Gasteiger partial charge in [0.05, 0.1) is 12.1 Å². The third-order valence-corrected chi connectivity index (χ3v) is 3.05. The van der Waals surface area contributed by atoms with Crippen LogP contribution < -0.4 is 10.5 Å². The molecule has 2 N–H and O–H groups in total. The summed E-state index contributed by atoms with van der Waals surface area (Å²) in [6.07, 6.45) is 0. The summed E-state index contributed by atoms with van der Waals surface area (Å²) in [5.41, 5.74) is 8.15. The van der Waals surface area contributed by atoms with Crippen molar-refractivity contribution in [1.82, 2.24) is 0 Å². The lowest BCUT2D eigenvalue weighted by atomic mass is 9.86. The zero-order valence-electron chi connectivity index (χ0n) is 12.3. The van der Waals surface area contributed by atoms with E-state index in [0.717, 1.165) is 17.9 Å². The van der Waals surface area contributed by atoms with Crippen LogP contribution in [0.1, 0.15) is 45.7 Å². The van der Waals surface area contributed by atoms with Crippen LogP contribution in [-0.2, 0) is 5.41 Å². The van der Waals surface area contributed by atoms with Crippen molar-refractivity contribution in [3.8, 4) is 5.75 Å². The molecule has 0 saturated carbocycles. The first-order valence-electron chi connectivity index (χ1n) is 6.32. The Hall–Kier alpha value is -1.22. The predicted molar refractivity (Wildman–Crippen MR) is 82.7 cm³/mol. The SMILES string of the molecule is CC(C)(C)N=C(N)c1ccc2c(c1)C(C)(C)CO2.Cl. The number of fused-ring (bicyclic) bond motifs is 1. The van der Waals surface area contributed by atoms with E-state index in [4.69, 9.17) is 10.5 Å². The monoisotopic (exact) mass is 282 g/mol. The van der Waals surface area contributed by atoms with E-state index in [1.807, 2.05) is 32.9 Å². The average molecular weight is 283 g/mol. The molecule has 2 rings (SSSR count). The van der Waals surface area contributed by atoms with Gasteiger partial charge >= 0.3 is 0 Å². The summed E-state index contributed by atoms with van der Waals surface area (Å²) in [5, 5.41) is 0. The fourth-order valence-electron chi connectivity index (χ4n) is 2.11. The number of ether oxygens (including phenoxy) is 1. The van der Waals surface area contributed by atoms with E-state index >= 15 is 0 Å². The van der Waals surface area contributed by atoms with Crippen molar-refractivity contribution in [3.63, 3.8) is 0 Å². The summed E-state index contributed by atoms with van der Waals surface area (Å²) in [4.78, 5) is 4.51. The van der Waals surface area contributed by atoms with Gasteiger partial charge in [-0.15, -0.1) is 12.4 Å². The Morgan fingerprint density at radius 3 is 2.53 bits per heavy atom. The van der Waals surface area contributed by atoms with Crippen LogP contribution in [-0.4, -0.2) is 18.0 Å². The second kappa shape index (κ2) is 5.04. The maximum absolute atomic E-state index is 6.07. The molecule has 0 spiro atoms. The molecule has 0 unspecified atom stereocenters. The van der Waals surface area contributed by atoms with E-state index in [1.165, 1.54) is 5.56 Å². The first-order valence-corrected chi connectivity index (χ1v) is 6.32. The number of hydrogen-bond acceptors (Lipinski definition) is 2. The number of nitrogens with zero attached hydrogens (tertiary/aromatic N) is 1. The maximum atomic E-state index is 6.07. The Bertz CT molecular complexity index is 501. The van der Waals surface area contributed by atoms with Crippen molar-refractivity contribution in [3.05, 3.63) is 29.3 Å². The van der Waals surface area contributed by atoms with E-state index in [9.17, 15) is 0 Å². The number of hydrogen-bond donors (Lipinski definition) is 1. The van der Waals surface area contributed by atoms with Gasteiger partial charge in [-0.2, -0.15) is 0 Å². The highest BCUT2D eigenvalue weighted by atomic mass is 35.5. The number of amidine groups is 1. The Labute approximate surface area is 121 Å². The molecule has 1 aliphatic rings. The molecule has 0 saturated heterocycles. The van der Waals surface area contributed by atoms with E-state index < -0.39 is 0 Å². The van der Waals surface area contributed by atoms with Gasteiger partial charge in [-0.3, -0.25) is 4.99 Å². The zero-order valence-corrected chi connectivity index (χ0v) is 13.1. The smallest absolute Gasteiger partial charge is 0.126 e. The number of benzene rings is 1. The molecular formula is C15H23ClN2O. The highest BCUT2D eigenvalue weighted by molar-refractivity contribution is 5.98. The van der Waals surface area contributed by atoms with Crippen LogP contribution in [0.15, 0.2) is 23.2 Å². The molecule has 106 valence electrons. The van der Waals surface area contributed by atoms with Crippen molar-refractivity contribution in [2.24, 2.45) is 10.7 Å². The van der Waals surface area contributed by atoms with Gasteiger partial charge in [0.25, 0.3) is 0 Å². The molecule has 1 aromatic rings. The molecule has 19 heavy (non-hydrogen) atoms. The molecule has 0 aliphatic carbocycles. The fraction of sp³-hybridized carbons (Fsp3) is 0.533. The van der Waals surface area contributed by atoms with Gasteiger partial charge in [-0.1, -0.05) is 13.8 Å². The first kappa shape index (κ1) is 15.8. The number of rotatable bonds is 1. The van der Waals surface area contributed by atoms with Gasteiger partial charge in [0, 0.05) is 16.5 Å². The molecule has 0 radical (unpaired) electrons. The quantitative estimate of drug-likeness (QED) is 0.635. The van der Waals surface area contributed by atoms with Gasteiger partial charge in [-0.05, 0) is 39.0 Å². The lowest BCUT2D eigenvalue weighted by molar-refractivity contribution is 0.291. The second-order valence-electron chi connectivity index (χ2n) is 6.55. The Balaban J connectivity index is 0.00000180. The molecule has 1 heterocycles. The van der Waals surface area contributed by atoms with Crippen LogP contribution in [0, 0.1) is 0 Å². The molecule has 0 aromatic heterocycles. The summed E-state index contributed by atoms with van der Waals surface area (Å²) in [6.45, 7) is 11.2. The lowest BCUT2D eigenvalue weighted by Gasteiger charge is -2.17. The van der Waals surface area contributed by atoms with Crippen LogP contribution in [0.25, 0.3) is 0 Å². The van der Waals surface area contributed by atoms with Crippen molar-refractivity contribution < 1.29 is 4.74 Å². The normalized spacial score (nSPS) is 17.4. The summed E-state index contributed by atoms with van der Waals surface area (Å²) >= 11 is 0. The second-order valence-corrected chi connectivity index (χ2v) is 6.55. The molecule has 0 atom stereocenters. The van der Waals surface area contributed by atoms with E-state index in [0.29, 0.717) is 5.84 Å². The molecule has 4 heteroatoms. The van der Waals surface area contributed by atoms with Crippen molar-refractivity contribution in [1.29, 1.82) is 0 Å².